The summed E-state index contributed by atoms with van der Waals surface area (Å²) in [7, 11) is 0. The van der Waals surface area contributed by atoms with Crippen molar-refractivity contribution in [3.8, 4) is 0 Å². The van der Waals surface area contributed by atoms with Crippen LogP contribution in [0.5, 0.6) is 0 Å². The molecule has 2 aliphatic rings. The van der Waals surface area contributed by atoms with Crippen molar-refractivity contribution in [2.75, 3.05) is 18.4 Å². The van der Waals surface area contributed by atoms with Crippen molar-refractivity contribution in [1.29, 1.82) is 0 Å². The number of nitrogens with zero attached hydrogens (tertiary/aromatic N) is 2. The first-order valence-electron chi connectivity index (χ1n) is 6.67. The maximum absolute atomic E-state index is 12.5. The van der Waals surface area contributed by atoms with Crippen LogP contribution in [-0.2, 0) is 6.18 Å². The predicted molar refractivity (Wildman–Crippen MR) is 70.9 cm³/mol. The Balaban J connectivity index is 1.65. The number of hydrogen-bond donors (Lipinski definition) is 1. The Labute approximate surface area is 120 Å². The van der Waals surface area contributed by atoms with Crippen LogP contribution in [0.4, 0.5) is 19.0 Å². The Morgan fingerprint density at radius 3 is 2.65 bits per heavy atom. The molecule has 7 heteroatoms. The Morgan fingerprint density at radius 2 is 2.05 bits per heavy atom. The van der Waals surface area contributed by atoms with Gasteiger partial charge in [0.05, 0.1) is 10.6 Å². The molecule has 1 atom stereocenters. The Kier molecular flexibility index (Phi) is 3.54. The molecule has 3 nitrogen and oxygen atoms in total. The second kappa shape index (κ2) is 5.07. The molecule has 20 heavy (non-hydrogen) atoms. The monoisotopic (exact) mass is 305 g/mol. The summed E-state index contributed by atoms with van der Waals surface area (Å²) in [5.41, 5.74) is -0.820. The Morgan fingerprint density at radius 1 is 1.30 bits per heavy atom. The van der Waals surface area contributed by atoms with E-state index in [1.807, 2.05) is 0 Å². The fourth-order valence-electron chi connectivity index (χ4n) is 2.57. The van der Waals surface area contributed by atoms with Crippen molar-refractivity contribution in [3.05, 3.63) is 22.8 Å². The van der Waals surface area contributed by atoms with Gasteiger partial charge in [0.2, 0.25) is 0 Å². The third-order valence-corrected chi connectivity index (χ3v) is 4.08. The number of pyridine rings is 1. The van der Waals surface area contributed by atoms with Crippen molar-refractivity contribution in [1.82, 2.24) is 9.88 Å². The van der Waals surface area contributed by atoms with E-state index in [4.69, 9.17) is 11.6 Å². The molecule has 1 saturated heterocycles. The van der Waals surface area contributed by atoms with Gasteiger partial charge in [-0.2, -0.15) is 13.2 Å². The van der Waals surface area contributed by atoms with Gasteiger partial charge in [-0.05, 0) is 25.3 Å². The molecule has 1 aliphatic heterocycles. The van der Waals surface area contributed by atoms with Crippen molar-refractivity contribution < 1.29 is 13.2 Å². The van der Waals surface area contributed by atoms with E-state index in [9.17, 15) is 13.2 Å². The molecule has 110 valence electrons. The molecule has 1 aliphatic carbocycles. The summed E-state index contributed by atoms with van der Waals surface area (Å²) >= 11 is 5.89. The quantitative estimate of drug-likeness (QED) is 0.927. The second-order valence-corrected chi connectivity index (χ2v) is 5.82. The van der Waals surface area contributed by atoms with Gasteiger partial charge in [-0.25, -0.2) is 4.98 Å². The highest BCUT2D eigenvalue weighted by molar-refractivity contribution is 6.33. The minimum Gasteiger partial charge on any atom is -0.365 e. The average Bonchev–Trinajstić information content (AvgIpc) is 3.11. The molecule has 0 radical (unpaired) electrons. The number of halogens is 4. The minimum absolute atomic E-state index is 0.0182. The summed E-state index contributed by atoms with van der Waals surface area (Å²) in [4.78, 5) is 6.22. The van der Waals surface area contributed by atoms with Crippen molar-refractivity contribution in [3.63, 3.8) is 0 Å². The maximum Gasteiger partial charge on any atom is 0.417 e. The van der Waals surface area contributed by atoms with Crippen LogP contribution in [0.3, 0.4) is 0 Å². The zero-order chi connectivity index (χ0) is 14.3. The Bertz CT molecular complexity index is 502. The molecule has 1 aromatic rings. The molecule has 0 amide bonds. The molecular formula is C13H15ClF3N3. The summed E-state index contributed by atoms with van der Waals surface area (Å²) < 4.78 is 37.6. The first-order valence-corrected chi connectivity index (χ1v) is 7.04. The largest absolute Gasteiger partial charge is 0.417 e. The second-order valence-electron chi connectivity index (χ2n) is 5.41. The zero-order valence-corrected chi connectivity index (χ0v) is 11.5. The lowest BCUT2D eigenvalue weighted by Gasteiger charge is -2.17. The molecule has 1 unspecified atom stereocenters. The van der Waals surface area contributed by atoms with Crippen LogP contribution in [-0.4, -0.2) is 35.1 Å². The fourth-order valence-corrected chi connectivity index (χ4v) is 2.79. The zero-order valence-electron chi connectivity index (χ0n) is 10.8. The minimum atomic E-state index is -4.41. The molecule has 0 aromatic carbocycles. The maximum atomic E-state index is 12.5. The topological polar surface area (TPSA) is 28.2 Å². The number of anilines is 1. The summed E-state index contributed by atoms with van der Waals surface area (Å²) in [5, 5.41) is 3.17. The van der Waals surface area contributed by atoms with Gasteiger partial charge < -0.3 is 5.32 Å². The van der Waals surface area contributed by atoms with Gasteiger partial charge in [0, 0.05) is 31.4 Å². The van der Waals surface area contributed by atoms with Gasteiger partial charge in [-0.3, -0.25) is 4.90 Å². The van der Waals surface area contributed by atoms with Crippen LogP contribution >= 0.6 is 11.6 Å². The molecule has 2 heterocycles. The van der Waals surface area contributed by atoms with E-state index in [1.165, 1.54) is 12.8 Å². The molecule has 1 aromatic heterocycles. The van der Waals surface area contributed by atoms with E-state index in [2.05, 4.69) is 15.2 Å². The van der Waals surface area contributed by atoms with Gasteiger partial charge >= 0.3 is 6.18 Å². The number of nitrogens with one attached hydrogen (secondary N) is 1. The van der Waals surface area contributed by atoms with Crippen LogP contribution in [0.2, 0.25) is 5.02 Å². The lowest BCUT2D eigenvalue weighted by Crippen LogP contribution is -2.28. The van der Waals surface area contributed by atoms with E-state index in [0.29, 0.717) is 11.9 Å². The van der Waals surface area contributed by atoms with Gasteiger partial charge in [0.25, 0.3) is 0 Å². The standard InChI is InChI=1S/C13H15ClF3N3/c14-11-5-8(13(15,16)17)6-18-12(11)19-9-3-4-20(7-9)10-1-2-10/h5-6,9-10H,1-4,7H2,(H,18,19). The SMILES string of the molecule is FC(F)(F)c1cnc(NC2CCN(C3CC3)C2)c(Cl)c1. The fraction of sp³-hybridized carbons (Fsp3) is 0.615. The predicted octanol–water partition coefficient (Wildman–Crippen LogP) is 3.40. The lowest BCUT2D eigenvalue weighted by atomic mass is 10.2. The van der Waals surface area contributed by atoms with Crippen LogP contribution in [0.15, 0.2) is 12.3 Å². The first-order chi connectivity index (χ1) is 9.43. The number of likely N-dealkylation sites (tertiary alicyclic amines) is 1. The molecule has 0 spiro atoms. The van der Waals surface area contributed by atoms with Gasteiger partial charge in [0.1, 0.15) is 5.82 Å². The van der Waals surface area contributed by atoms with Crippen molar-refractivity contribution in [2.45, 2.75) is 37.5 Å². The van der Waals surface area contributed by atoms with E-state index in [-0.39, 0.29) is 11.1 Å². The van der Waals surface area contributed by atoms with Crippen LogP contribution in [0.1, 0.15) is 24.8 Å². The summed E-state index contributed by atoms with van der Waals surface area (Å²) in [6.07, 6.45) is -0.110. The molecule has 1 N–H and O–H groups in total. The molecule has 2 fully saturated rings. The van der Waals surface area contributed by atoms with Crippen molar-refractivity contribution in [2.24, 2.45) is 0 Å². The van der Waals surface area contributed by atoms with Crippen LogP contribution in [0, 0.1) is 0 Å². The van der Waals surface area contributed by atoms with E-state index in [0.717, 1.165) is 31.8 Å². The number of alkyl halides is 3. The first kappa shape index (κ1) is 13.9. The highest BCUT2D eigenvalue weighted by atomic mass is 35.5. The highest BCUT2D eigenvalue weighted by Crippen LogP contribution is 2.34. The summed E-state index contributed by atoms with van der Waals surface area (Å²) in [6, 6.07) is 1.83. The lowest BCUT2D eigenvalue weighted by molar-refractivity contribution is -0.137. The van der Waals surface area contributed by atoms with E-state index < -0.39 is 11.7 Å². The number of aromatic nitrogens is 1. The third-order valence-electron chi connectivity index (χ3n) is 3.79. The highest BCUT2D eigenvalue weighted by Gasteiger charge is 2.35. The Hall–Kier alpha value is -1.01. The van der Waals surface area contributed by atoms with E-state index in [1.54, 1.807) is 0 Å². The summed E-state index contributed by atoms with van der Waals surface area (Å²) in [6.45, 7) is 1.93. The number of hydrogen-bond acceptors (Lipinski definition) is 3. The normalized spacial score (nSPS) is 24.1. The number of rotatable bonds is 3. The van der Waals surface area contributed by atoms with Gasteiger partial charge in [-0.15, -0.1) is 0 Å². The van der Waals surface area contributed by atoms with Crippen LogP contribution < -0.4 is 5.32 Å². The molecular weight excluding hydrogens is 291 g/mol. The molecule has 1 saturated carbocycles. The van der Waals surface area contributed by atoms with Gasteiger partial charge in [0.15, 0.2) is 0 Å². The van der Waals surface area contributed by atoms with E-state index >= 15 is 0 Å². The third kappa shape index (κ3) is 3.01. The molecule has 0 bridgehead atoms. The van der Waals surface area contributed by atoms with Gasteiger partial charge in [-0.1, -0.05) is 11.6 Å². The summed E-state index contributed by atoms with van der Waals surface area (Å²) in [5.74, 6) is 0.335. The van der Waals surface area contributed by atoms with Crippen molar-refractivity contribution >= 4 is 17.4 Å². The average molecular weight is 306 g/mol. The molecule has 3 rings (SSSR count). The smallest absolute Gasteiger partial charge is 0.365 e. The van der Waals surface area contributed by atoms with Crippen LogP contribution in [0.25, 0.3) is 0 Å².